The minimum atomic E-state index is -0.356. The van der Waals surface area contributed by atoms with Gasteiger partial charge in [-0.05, 0) is 30.5 Å². The molecule has 4 heteroatoms. The maximum Gasteiger partial charge on any atom is 0.161 e. The Labute approximate surface area is 120 Å². The maximum atomic E-state index is 9.45. The molecule has 1 aliphatic carbocycles. The summed E-state index contributed by atoms with van der Waals surface area (Å²) >= 11 is 0. The number of ether oxygens (including phenoxy) is 2. The summed E-state index contributed by atoms with van der Waals surface area (Å²) in [6, 6.07) is 8.33. The van der Waals surface area contributed by atoms with Crippen LogP contribution in [0.2, 0.25) is 0 Å². The normalized spacial score (nSPS) is 17.2. The van der Waals surface area contributed by atoms with E-state index in [-0.39, 0.29) is 5.54 Å². The maximum absolute atomic E-state index is 9.45. The average molecular weight is 274 g/mol. The second-order valence-corrected chi connectivity index (χ2v) is 5.30. The van der Waals surface area contributed by atoms with E-state index in [1.54, 1.807) is 14.2 Å². The van der Waals surface area contributed by atoms with E-state index in [1.807, 2.05) is 18.2 Å². The SMILES string of the molecule is COc1ccc(CNC2(C#N)CCCCC2)cc1OC. The third-order valence-electron chi connectivity index (χ3n) is 4.00. The fourth-order valence-electron chi connectivity index (χ4n) is 2.75. The molecular formula is C16H22N2O2. The largest absolute Gasteiger partial charge is 0.493 e. The van der Waals surface area contributed by atoms with Crippen LogP contribution in [0.25, 0.3) is 0 Å². The molecule has 0 amide bonds. The third kappa shape index (κ3) is 3.23. The zero-order chi connectivity index (χ0) is 14.4. The molecule has 4 nitrogen and oxygen atoms in total. The number of rotatable bonds is 5. The second kappa shape index (κ2) is 6.62. The fourth-order valence-corrected chi connectivity index (χ4v) is 2.75. The van der Waals surface area contributed by atoms with E-state index in [0.717, 1.165) is 42.7 Å². The minimum Gasteiger partial charge on any atom is -0.493 e. The summed E-state index contributed by atoms with van der Waals surface area (Å²) in [6.07, 6.45) is 5.38. The monoisotopic (exact) mass is 274 g/mol. The van der Waals surface area contributed by atoms with Crippen molar-refractivity contribution in [3.05, 3.63) is 23.8 Å². The zero-order valence-corrected chi connectivity index (χ0v) is 12.2. The highest BCUT2D eigenvalue weighted by atomic mass is 16.5. The first-order valence-corrected chi connectivity index (χ1v) is 7.10. The molecule has 0 unspecified atom stereocenters. The molecule has 0 bridgehead atoms. The molecule has 0 saturated heterocycles. The van der Waals surface area contributed by atoms with E-state index in [4.69, 9.17) is 9.47 Å². The predicted molar refractivity (Wildman–Crippen MR) is 77.8 cm³/mol. The Hall–Kier alpha value is -1.73. The zero-order valence-electron chi connectivity index (χ0n) is 12.2. The number of benzene rings is 1. The van der Waals surface area contributed by atoms with Crippen molar-refractivity contribution in [3.63, 3.8) is 0 Å². The number of hydrogen-bond acceptors (Lipinski definition) is 4. The van der Waals surface area contributed by atoms with Crippen molar-refractivity contribution >= 4 is 0 Å². The number of hydrogen-bond donors (Lipinski definition) is 1. The van der Waals surface area contributed by atoms with E-state index in [9.17, 15) is 5.26 Å². The summed E-state index contributed by atoms with van der Waals surface area (Å²) in [6.45, 7) is 0.675. The van der Waals surface area contributed by atoms with E-state index in [1.165, 1.54) is 6.42 Å². The first-order chi connectivity index (χ1) is 9.73. The van der Waals surface area contributed by atoms with Gasteiger partial charge >= 0.3 is 0 Å². The van der Waals surface area contributed by atoms with Gasteiger partial charge in [-0.15, -0.1) is 0 Å². The van der Waals surface area contributed by atoms with Crippen LogP contribution in [-0.4, -0.2) is 19.8 Å². The van der Waals surface area contributed by atoms with Gasteiger partial charge in [0.05, 0.1) is 20.3 Å². The number of nitriles is 1. The Morgan fingerprint density at radius 3 is 2.45 bits per heavy atom. The molecule has 1 N–H and O–H groups in total. The molecular weight excluding hydrogens is 252 g/mol. The Morgan fingerprint density at radius 2 is 1.85 bits per heavy atom. The van der Waals surface area contributed by atoms with Gasteiger partial charge in [-0.3, -0.25) is 5.32 Å². The van der Waals surface area contributed by atoms with Crippen LogP contribution in [0.3, 0.4) is 0 Å². The van der Waals surface area contributed by atoms with Crippen molar-refractivity contribution in [2.75, 3.05) is 14.2 Å². The van der Waals surface area contributed by atoms with Gasteiger partial charge in [0, 0.05) is 6.54 Å². The minimum absolute atomic E-state index is 0.356. The van der Waals surface area contributed by atoms with E-state index < -0.39 is 0 Å². The summed E-state index contributed by atoms with van der Waals surface area (Å²) in [5.74, 6) is 1.45. The summed E-state index contributed by atoms with van der Waals surface area (Å²) in [7, 11) is 3.26. The fraction of sp³-hybridized carbons (Fsp3) is 0.562. The smallest absolute Gasteiger partial charge is 0.161 e. The Bertz CT molecular complexity index is 488. The van der Waals surface area contributed by atoms with Crippen molar-refractivity contribution in [1.82, 2.24) is 5.32 Å². The summed E-state index contributed by atoms with van der Waals surface area (Å²) in [5, 5.41) is 12.9. The Balaban J connectivity index is 2.05. The van der Waals surface area contributed by atoms with Crippen molar-refractivity contribution in [1.29, 1.82) is 5.26 Å². The molecule has 2 rings (SSSR count). The average Bonchev–Trinajstić information content (AvgIpc) is 2.53. The van der Waals surface area contributed by atoms with Crippen LogP contribution in [0.15, 0.2) is 18.2 Å². The first-order valence-electron chi connectivity index (χ1n) is 7.10. The van der Waals surface area contributed by atoms with Gasteiger partial charge in [0.2, 0.25) is 0 Å². The lowest BCUT2D eigenvalue weighted by atomic mass is 9.83. The molecule has 0 aromatic heterocycles. The third-order valence-corrected chi connectivity index (χ3v) is 4.00. The molecule has 1 fully saturated rings. The van der Waals surface area contributed by atoms with Crippen molar-refractivity contribution in [2.24, 2.45) is 0 Å². The molecule has 20 heavy (non-hydrogen) atoms. The summed E-state index contributed by atoms with van der Waals surface area (Å²) < 4.78 is 10.5. The van der Waals surface area contributed by atoms with Gasteiger partial charge in [0.15, 0.2) is 11.5 Å². The van der Waals surface area contributed by atoms with Crippen LogP contribution in [-0.2, 0) is 6.54 Å². The quantitative estimate of drug-likeness (QED) is 0.896. The highest BCUT2D eigenvalue weighted by Gasteiger charge is 2.31. The molecule has 0 radical (unpaired) electrons. The molecule has 0 atom stereocenters. The standard InChI is InChI=1S/C16H22N2O2/c1-19-14-7-6-13(10-15(14)20-2)11-18-16(12-17)8-4-3-5-9-16/h6-7,10,18H,3-5,8-9,11H2,1-2H3. The summed E-state index contributed by atoms with van der Waals surface area (Å²) in [5.41, 5.74) is 0.744. The predicted octanol–water partition coefficient (Wildman–Crippen LogP) is 3.02. The van der Waals surface area contributed by atoms with E-state index in [0.29, 0.717) is 6.54 Å². The number of nitrogens with one attached hydrogen (secondary N) is 1. The van der Waals surface area contributed by atoms with Crippen LogP contribution in [0.5, 0.6) is 11.5 Å². The van der Waals surface area contributed by atoms with Crippen LogP contribution in [0.4, 0.5) is 0 Å². The van der Waals surface area contributed by atoms with Crippen molar-refractivity contribution in [3.8, 4) is 17.6 Å². The van der Waals surface area contributed by atoms with E-state index in [2.05, 4.69) is 11.4 Å². The van der Waals surface area contributed by atoms with Gasteiger partial charge in [0.25, 0.3) is 0 Å². The van der Waals surface area contributed by atoms with Gasteiger partial charge in [0.1, 0.15) is 5.54 Å². The highest BCUT2D eigenvalue weighted by molar-refractivity contribution is 5.42. The lowest BCUT2D eigenvalue weighted by molar-refractivity contribution is 0.295. The molecule has 108 valence electrons. The Kier molecular flexibility index (Phi) is 4.86. The van der Waals surface area contributed by atoms with Crippen LogP contribution < -0.4 is 14.8 Å². The van der Waals surface area contributed by atoms with Gasteiger partial charge in [-0.1, -0.05) is 25.3 Å². The van der Waals surface area contributed by atoms with Gasteiger partial charge in [-0.2, -0.15) is 5.26 Å². The molecule has 0 aliphatic heterocycles. The molecule has 1 aromatic carbocycles. The molecule has 1 aromatic rings. The molecule has 0 heterocycles. The van der Waals surface area contributed by atoms with Crippen molar-refractivity contribution < 1.29 is 9.47 Å². The van der Waals surface area contributed by atoms with Gasteiger partial charge < -0.3 is 9.47 Å². The lowest BCUT2D eigenvalue weighted by Gasteiger charge is -2.31. The van der Waals surface area contributed by atoms with Crippen LogP contribution >= 0.6 is 0 Å². The highest BCUT2D eigenvalue weighted by Crippen LogP contribution is 2.30. The van der Waals surface area contributed by atoms with E-state index >= 15 is 0 Å². The molecule has 1 saturated carbocycles. The van der Waals surface area contributed by atoms with Crippen LogP contribution in [0, 0.1) is 11.3 Å². The summed E-state index contributed by atoms with van der Waals surface area (Å²) in [4.78, 5) is 0. The Morgan fingerprint density at radius 1 is 1.15 bits per heavy atom. The molecule has 0 spiro atoms. The number of methoxy groups -OCH3 is 2. The van der Waals surface area contributed by atoms with Crippen molar-refractivity contribution in [2.45, 2.75) is 44.2 Å². The van der Waals surface area contributed by atoms with Gasteiger partial charge in [-0.25, -0.2) is 0 Å². The topological polar surface area (TPSA) is 54.3 Å². The second-order valence-electron chi connectivity index (χ2n) is 5.30. The van der Waals surface area contributed by atoms with Crippen LogP contribution in [0.1, 0.15) is 37.7 Å². The number of nitrogens with zero attached hydrogens (tertiary/aromatic N) is 1. The lowest BCUT2D eigenvalue weighted by Crippen LogP contribution is -2.44. The first kappa shape index (κ1) is 14.7. The molecule has 1 aliphatic rings.